The van der Waals surface area contributed by atoms with Crippen molar-refractivity contribution in [3.8, 4) is 0 Å². The standard InChI is InChI=1S/C53H91NO5/c1-4-7-10-13-16-19-22-25-26-28-29-32-35-38-41-44-49(59-53(58)46-43-40-37-34-31-27-23-20-17-14-11-8-5-2)47-52(57)54-50(48-55)51(56)45-42-39-36-33-30-24-21-18-15-12-9-6-3/h8,11,14,16-17,19-20,23,25-27,29,31-32,49-51,55-56H,4-7,9-10,12-13,15,18,21-22,24,28,30,33-48H2,1-3H3,(H,54,57)/b11-8+,17-14+,19-16-,23-20-,26-25-,31-27-,32-29-. The van der Waals surface area contributed by atoms with E-state index in [0.717, 1.165) is 83.5 Å². The van der Waals surface area contributed by atoms with Gasteiger partial charge in [-0.1, -0.05) is 202 Å². The highest BCUT2D eigenvalue weighted by Crippen LogP contribution is 2.16. The van der Waals surface area contributed by atoms with Crippen molar-refractivity contribution >= 4 is 11.9 Å². The van der Waals surface area contributed by atoms with Gasteiger partial charge in [0.1, 0.15) is 6.10 Å². The smallest absolute Gasteiger partial charge is 0.306 e. The van der Waals surface area contributed by atoms with Crippen molar-refractivity contribution in [2.24, 2.45) is 0 Å². The Kier molecular flexibility index (Phi) is 43.8. The zero-order chi connectivity index (χ0) is 43.1. The van der Waals surface area contributed by atoms with E-state index in [0.29, 0.717) is 19.3 Å². The molecule has 0 aromatic heterocycles. The summed E-state index contributed by atoms with van der Waals surface area (Å²) in [4.78, 5) is 26.1. The predicted molar refractivity (Wildman–Crippen MR) is 254 cm³/mol. The number of carbonyl (C=O) groups excluding carboxylic acids is 2. The Morgan fingerprint density at radius 3 is 1.58 bits per heavy atom. The summed E-state index contributed by atoms with van der Waals surface area (Å²) in [5.41, 5.74) is 0. The number of nitrogens with one attached hydrogen (secondary N) is 1. The van der Waals surface area contributed by atoms with Gasteiger partial charge < -0.3 is 20.3 Å². The van der Waals surface area contributed by atoms with E-state index in [1.54, 1.807) is 0 Å². The van der Waals surface area contributed by atoms with Crippen LogP contribution in [0.1, 0.15) is 213 Å². The highest BCUT2D eigenvalue weighted by atomic mass is 16.5. The number of amides is 1. The molecule has 3 N–H and O–H groups in total. The van der Waals surface area contributed by atoms with Crippen LogP contribution in [0.15, 0.2) is 85.1 Å². The summed E-state index contributed by atoms with van der Waals surface area (Å²) < 4.78 is 5.88. The number of esters is 1. The van der Waals surface area contributed by atoms with Gasteiger partial charge in [-0.05, 0) is 83.5 Å². The van der Waals surface area contributed by atoms with Crippen molar-refractivity contribution in [3.63, 3.8) is 0 Å². The molecule has 0 aliphatic carbocycles. The van der Waals surface area contributed by atoms with Gasteiger partial charge in [0.25, 0.3) is 0 Å². The van der Waals surface area contributed by atoms with Crippen molar-refractivity contribution in [3.05, 3.63) is 85.1 Å². The van der Waals surface area contributed by atoms with E-state index in [1.165, 1.54) is 83.5 Å². The molecule has 6 nitrogen and oxygen atoms in total. The van der Waals surface area contributed by atoms with Crippen molar-refractivity contribution in [1.29, 1.82) is 0 Å². The highest BCUT2D eigenvalue weighted by molar-refractivity contribution is 5.77. The summed E-state index contributed by atoms with van der Waals surface area (Å²) >= 11 is 0. The molecule has 3 unspecified atom stereocenters. The van der Waals surface area contributed by atoms with Gasteiger partial charge in [-0.2, -0.15) is 0 Å². The quantitative estimate of drug-likeness (QED) is 0.0247. The fourth-order valence-corrected chi connectivity index (χ4v) is 6.86. The SMILES string of the molecule is CC/C=C/C=C/C=C\C=C/CCCCCC(=O)OC(CCCC/C=C\C/C=C\C/C=C\CCCCC)CC(=O)NC(CO)C(O)CCCCCCCCCCCCCC. The first-order valence-electron chi connectivity index (χ1n) is 24.4. The van der Waals surface area contributed by atoms with Crippen LogP contribution in [0.4, 0.5) is 0 Å². The summed E-state index contributed by atoms with van der Waals surface area (Å²) in [5.74, 6) is -0.565. The molecule has 0 bridgehead atoms. The fourth-order valence-electron chi connectivity index (χ4n) is 6.86. The molecule has 0 spiro atoms. The fraction of sp³-hybridized carbons (Fsp3) is 0.698. The van der Waals surface area contributed by atoms with Gasteiger partial charge in [-0.25, -0.2) is 0 Å². The minimum Gasteiger partial charge on any atom is -0.462 e. The molecule has 0 aliphatic rings. The van der Waals surface area contributed by atoms with Gasteiger partial charge in [0.2, 0.25) is 5.91 Å². The molecule has 0 aromatic rings. The largest absolute Gasteiger partial charge is 0.462 e. The molecule has 1 amide bonds. The van der Waals surface area contributed by atoms with Crippen molar-refractivity contribution in [2.45, 2.75) is 232 Å². The molecule has 0 saturated carbocycles. The zero-order valence-corrected chi connectivity index (χ0v) is 38.4. The second-order valence-electron chi connectivity index (χ2n) is 16.2. The molecule has 0 rings (SSSR count). The maximum Gasteiger partial charge on any atom is 0.306 e. The zero-order valence-electron chi connectivity index (χ0n) is 38.4. The predicted octanol–water partition coefficient (Wildman–Crippen LogP) is 14.4. The van der Waals surface area contributed by atoms with E-state index in [4.69, 9.17) is 4.74 Å². The number of ether oxygens (including phenoxy) is 1. The third-order valence-electron chi connectivity index (χ3n) is 10.6. The summed E-state index contributed by atoms with van der Waals surface area (Å²) in [5, 5.41) is 23.7. The lowest BCUT2D eigenvalue weighted by molar-refractivity contribution is -0.151. The Hall–Kier alpha value is -2.96. The van der Waals surface area contributed by atoms with Crippen LogP contribution in [0.2, 0.25) is 0 Å². The summed E-state index contributed by atoms with van der Waals surface area (Å²) in [6.45, 7) is 6.28. The molecule has 0 heterocycles. The lowest BCUT2D eigenvalue weighted by Crippen LogP contribution is -2.46. The van der Waals surface area contributed by atoms with Crippen LogP contribution in [-0.4, -0.2) is 46.9 Å². The molecular weight excluding hydrogens is 731 g/mol. The number of aliphatic hydroxyl groups is 2. The molecule has 338 valence electrons. The Balaban J connectivity index is 4.75. The molecule has 0 aromatic carbocycles. The maximum absolute atomic E-state index is 13.2. The van der Waals surface area contributed by atoms with E-state index in [9.17, 15) is 19.8 Å². The lowest BCUT2D eigenvalue weighted by atomic mass is 10.0. The van der Waals surface area contributed by atoms with Crippen LogP contribution in [0, 0.1) is 0 Å². The van der Waals surface area contributed by atoms with Gasteiger partial charge in [0, 0.05) is 6.42 Å². The van der Waals surface area contributed by atoms with E-state index in [1.807, 2.05) is 30.4 Å². The Bertz CT molecular complexity index is 1150. The third-order valence-corrected chi connectivity index (χ3v) is 10.6. The van der Waals surface area contributed by atoms with Gasteiger partial charge in [-0.3, -0.25) is 9.59 Å². The molecular formula is C53H91NO5. The van der Waals surface area contributed by atoms with Crippen LogP contribution in [0.25, 0.3) is 0 Å². The van der Waals surface area contributed by atoms with Crippen LogP contribution in [0.5, 0.6) is 0 Å². The summed E-state index contributed by atoms with van der Waals surface area (Å²) in [6.07, 6.45) is 59.2. The number of aliphatic hydroxyl groups excluding tert-OH is 2. The molecule has 6 heteroatoms. The number of carbonyl (C=O) groups is 2. The molecule has 3 atom stereocenters. The molecule has 0 fully saturated rings. The average molecular weight is 822 g/mol. The van der Waals surface area contributed by atoms with Crippen molar-refractivity contribution in [2.75, 3.05) is 6.61 Å². The Labute approximate surface area is 363 Å². The van der Waals surface area contributed by atoms with Crippen molar-refractivity contribution in [1.82, 2.24) is 5.32 Å². The summed E-state index contributed by atoms with van der Waals surface area (Å²) in [7, 11) is 0. The monoisotopic (exact) mass is 822 g/mol. The first kappa shape index (κ1) is 56.0. The average Bonchev–Trinajstić information content (AvgIpc) is 3.23. The topological polar surface area (TPSA) is 95.9 Å². The minimum absolute atomic E-state index is 0.0314. The molecule has 0 radical (unpaired) electrons. The normalized spacial score (nSPS) is 14.1. The number of allylic oxidation sites excluding steroid dienone is 14. The maximum atomic E-state index is 13.2. The molecule has 0 saturated heterocycles. The number of hydrogen-bond donors (Lipinski definition) is 3. The first-order chi connectivity index (χ1) is 29.0. The van der Waals surface area contributed by atoms with Gasteiger partial charge in [0.05, 0.1) is 25.2 Å². The van der Waals surface area contributed by atoms with Gasteiger partial charge in [0.15, 0.2) is 0 Å². The molecule has 59 heavy (non-hydrogen) atoms. The summed E-state index contributed by atoms with van der Waals surface area (Å²) in [6, 6.07) is -0.725. The van der Waals surface area contributed by atoms with Crippen LogP contribution in [-0.2, 0) is 14.3 Å². The number of unbranched alkanes of at least 4 members (excludes halogenated alkanes) is 19. The van der Waals surface area contributed by atoms with Crippen LogP contribution >= 0.6 is 0 Å². The van der Waals surface area contributed by atoms with Crippen molar-refractivity contribution < 1.29 is 24.5 Å². The third kappa shape index (κ3) is 41.6. The van der Waals surface area contributed by atoms with Gasteiger partial charge in [-0.15, -0.1) is 0 Å². The van der Waals surface area contributed by atoms with E-state index < -0.39 is 18.2 Å². The number of hydrogen-bond acceptors (Lipinski definition) is 5. The Morgan fingerprint density at radius 1 is 0.525 bits per heavy atom. The van der Waals surface area contributed by atoms with Gasteiger partial charge >= 0.3 is 5.97 Å². The minimum atomic E-state index is -0.808. The van der Waals surface area contributed by atoms with Crippen LogP contribution in [0.3, 0.4) is 0 Å². The van der Waals surface area contributed by atoms with E-state index in [-0.39, 0.29) is 24.9 Å². The highest BCUT2D eigenvalue weighted by Gasteiger charge is 2.24. The lowest BCUT2D eigenvalue weighted by Gasteiger charge is -2.24. The second kappa shape index (κ2) is 46.1. The Morgan fingerprint density at radius 2 is 0.983 bits per heavy atom. The number of rotatable bonds is 42. The van der Waals surface area contributed by atoms with E-state index >= 15 is 0 Å². The van der Waals surface area contributed by atoms with Crippen LogP contribution < -0.4 is 5.32 Å². The molecule has 0 aliphatic heterocycles. The van der Waals surface area contributed by atoms with E-state index in [2.05, 4.69) is 80.8 Å². The second-order valence-corrected chi connectivity index (χ2v) is 16.2. The first-order valence-corrected chi connectivity index (χ1v) is 24.4.